The van der Waals surface area contributed by atoms with Gasteiger partial charge in [0.05, 0.1) is 5.75 Å². The van der Waals surface area contributed by atoms with E-state index in [1.165, 1.54) is 6.07 Å². The molecule has 0 aliphatic heterocycles. The normalized spacial score (nSPS) is 10.6. The Morgan fingerprint density at radius 1 is 1.04 bits per heavy atom. The average Bonchev–Trinajstić information content (AvgIpc) is 3.11. The van der Waals surface area contributed by atoms with Crippen molar-refractivity contribution in [3.05, 3.63) is 71.6 Å². The molecular weight excluding hydrogens is 348 g/mol. The van der Waals surface area contributed by atoms with Gasteiger partial charge in [0, 0.05) is 21.0 Å². The highest BCUT2D eigenvalue weighted by Gasteiger charge is 2.10. The van der Waals surface area contributed by atoms with Crippen LogP contribution in [0.2, 0.25) is 0 Å². The summed E-state index contributed by atoms with van der Waals surface area (Å²) >= 11 is 2.75. The van der Waals surface area contributed by atoms with Crippen LogP contribution in [0.15, 0.2) is 64.9 Å². The first kappa shape index (κ1) is 16.7. The largest absolute Gasteiger partial charge is 0.325 e. The van der Waals surface area contributed by atoms with Crippen molar-refractivity contribution in [1.82, 2.24) is 0 Å². The number of carbonyl (C=O) groups excluding carboxylic acids is 1. The van der Waals surface area contributed by atoms with Crippen molar-refractivity contribution in [3.63, 3.8) is 0 Å². The third-order valence-corrected chi connectivity index (χ3v) is 5.15. The van der Waals surface area contributed by atoms with Gasteiger partial charge in [-0.05, 0) is 35.7 Å². The fourth-order valence-electron chi connectivity index (χ4n) is 2.14. The molecule has 1 aromatic heterocycles. The maximum absolute atomic E-state index is 13.2. The van der Waals surface area contributed by atoms with E-state index in [0.717, 1.165) is 40.0 Å². The molecular formula is C18H13F2NOS2. The summed E-state index contributed by atoms with van der Waals surface area (Å²) in [6.07, 6.45) is 0. The number of hydrogen-bond acceptors (Lipinski definition) is 3. The number of thioether (sulfide) groups is 1. The molecule has 0 saturated heterocycles. The van der Waals surface area contributed by atoms with Gasteiger partial charge < -0.3 is 5.32 Å². The molecule has 1 heterocycles. The zero-order valence-electron chi connectivity index (χ0n) is 12.5. The van der Waals surface area contributed by atoms with E-state index in [0.29, 0.717) is 4.90 Å². The molecule has 0 saturated carbocycles. The number of anilines is 1. The topological polar surface area (TPSA) is 29.1 Å². The molecule has 0 spiro atoms. The van der Waals surface area contributed by atoms with Crippen LogP contribution in [0.3, 0.4) is 0 Å². The Labute approximate surface area is 146 Å². The number of para-hydroxylation sites is 1. The highest BCUT2D eigenvalue weighted by molar-refractivity contribution is 8.00. The molecule has 0 aliphatic carbocycles. The maximum atomic E-state index is 13.2. The van der Waals surface area contributed by atoms with Gasteiger partial charge in [0.2, 0.25) is 5.91 Å². The monoisotopic (exact) mass is 361 g/mol. The molecule has 3 rings (SSSR count). The van der Waals surface area contributed by atoms with Crippen LogP contribution in [-0.4, -0.2) is 11.7 Å². The Morgan fingerprint density at radius 3 is 2.62 bits per heavy atom. The second kappa shape index (κ2) is 7.59. The molecule has 0 atom stereocenters. The predicted octanol–water partition coefficient (Wildman–Crippen LogP) is 5.42. The molecule has 0 fully saturated rings. The molecule has 2 nitrogen and oxygen atoms in total. The molecule has 0 unspecified atom stereocenters. The van der Waals surface area contributed by atoms with Crippen LogP contribution in [0.4, 0.5) is 14.5 Å². The Morgan fingerprint density at radius 2 is 1.88 bits per heavy atom. The van der Waals surface area contributed by atoms with E-state index in [2.05, 4.69) is 5.32 Å². The number of amides is 1. The summed E-state index contributed by atoms with van der Waals surface area (Å²) in [6.45, 7) is 0. The maximum Gasteiger partial charge on any atom is 0.234 e. The van der Waals surface area contributed by atoms with Gasteiger partial charge in [-0.3, -0.25) is 4.79 Å². The molecule has 24 heavy (non-hydrogen) atoms. The van der Waals surface area contributed by atoms with Gasteiger partial charge in [-0.15, -0.1) is 23.1 Å². The fourth-order valence-corrected chi connectivity index (χ4v) is 3.63. The second-order valence-electron chi connectivity index (χ2n) is 4.94. The minimum atomic E-state index is -0.913. The summed E-state index contributed by atoms with van der Waals surface area (Å²) in [5.74, 6) is -1.89. The molecule has 3 aromatic rings. The lowest BCUT2D eigenvalue weighted by molar-refractivity contribution is -0.113. The van der Waals surface area contributed by atoms with Crippen molar-refractivity contribution in [3.8, 4) is 10.4 Å². The molecule has 1 amide bonds. The SMILES string of the molecule is O=C(CSc1ccc(F)c(F)c1)Nc1ccccc1-c1cccs1. The van der Waals surface area contributed by atoms with Gasteiger partial charge in [0.25, 0.3) is 0 Å². The lowest BCUT2D eigenvalue weighted by atomic mass is 10.1. The van der Waals surface area contributed by atoms with E-state index in [4.69, 9.17) is 0 Å². The lowest BCUT2D eigenvalue weighted by Gasteiger charge is -2.10. The molecule has 0 aliphatic rings. The number of halogens is 2. The van der Waals surface area contributed by atoms with Crippen LogP contribution in [-0.2, 0) is 4.79 Å². The number of benzene rings is 2. The van der Waals surface area contributed by atoms with Crippen molar-refractivity contribution >= 4 is 34.7 Å². The number of thiophene rings is 1. The Balaban J connectivity index is 1.66. The molecule has 1 N–H and O–H groups in total. The van der Waals surface area contributed by atoms with Crippen LogP contribution in [0, 0.1) is 11.6 Å². The third kappa shape index (κ3) is 4.01. The van der Waals surface area contributed by atoms with Crippen molar-refractivity contribution in [1.29, 1.82) is 0 Å². The van der Waals surface area contributed by atoms with Crippen molar-refractivity contribution < 1.29 is 13.6 Å². The number of nitrogens with one attached hydrogen (secondary N) is 1. The van der Waals surface area contributed by atoms with Crippen molar-refractivity contribution in [2.75, 3.05) is 11.1 Å². The first-order chi connectivity index (χ1) is 11.6. The van der Waals surface area contributed by atoms with Gasteiger partial charge in [0.1, 0.15) is 0 Å². The first-order valence-electron chi connectivity index (χ1n) is 7.14. The van der Waals surface area contributed by atoms with Crippen LogP contribution in [0.25, 0.3) is 10.4 Å². The van der Waals surface area contributed by atoms with E-state index < -0.39 is 11.6 Å². The number of hydrogen-bond donors (Lipinski definition) is 1. The van der Waals surface area contributed by atoms with E-state index >= 15 is 0 Å². The Bertz CT molecular complexity index is 850. The van der Waals surface area contributed by atoms with Gasteiger partial charge in [-0.1, -0.05) is 24.3 Å². The zero-order chi connectivity index (χ0) is 16.9. The molecule has 0 bridgehead atoms. The van der Waals surface area contributed by atoms with E-state index in [1.807, 2.05) is 41.8 Å². The van der Waals surface area contributed by atoms with E-state index in [9.17, 15) is 13.6 Å². The fraction of sp³-hybridized carbons (Fsp3) is 0.0556. The number of rotatable bonds is 5. The first-order valence-corrected chi connectivity index (χ1v) is 9.00. The summed E-state index contributed by atoms with van der Waals surface area (Å²) in [4.78, 5) is 13.7. The predicted molar refractivity (Wildman–Crippen MR) is 95.5 cm³/mol. The molecule has 0 radical (unpaired) electrons. The minimum absolute atomic E-state index is 0.115. The van der Waals surface area contributed by atoms with Gasteiger partial charge in [0.15, 0.2) is 11.6 Å². The molecule has 2 aromatic carbocycles. The summed E-state index contributed by atoms with van der Waals surface area (Å²) in [5, 5.41) is 4.85. The van der Waals surface area contributed by atoms with Crippen LogP contribution in [0.1, 0.15) is 0 Å². The second-order valence-corrected chi connectivity index (χ2v) is 6.93. The molecule has 6 heteroatoms. The highest BCUT2D eigenvalue weighted by atomic mass is 32.2. The summed E-state index contributed by atoms with van der Waals surface area (Å²) in [6, 6.07) is 15.1. The standard InChI is InChI=1S/C18H13F2NOS2/c19-14-8-7-12(10-15(14)20)24-11-18(22)21-16-5-2-1-4-13(16)17-6-3-9-23-17/h1-10H,11H2,(H,21,22). The summed E-state index contributed by atoms with van der Waals surface area (Å²) in [5.41, 5.74) is 1.69. The number of carbonyl (C=O) groups is 1. The van der Waals surface area contributed by atoms with E-state index in [1.54, 1.807) is 11.3 Å². The summed E-state index contributed by atoms with van der Waals surface area (Å²) < 4.78 is 26.1. The van der Waals surface area contributed by atoms with Crippen LogP contribution in [0.5, 0.6) is 0 Å². The lowest BCUT2D eigenvalue weighted by Crippen LogP contribution is -2.14. The van der Waals surface area contributed by atoms with Crippen molar-refractivity contribution in [2.45, 2.75) is 4.90 Å². The van der Waals surface area contributed by atoms with Crippen LogP contribution < -0.4 is 5.32 Å². The Kier molecular flexibility index (Phi) is 5.27. The average molecular weight is 361 g/mol. The highest BCUT2D eigenvalue weighted by Crippen LogP contribution is 2.31. The smallest absolute Gasteiger partial charge is 0.234 e. The van der Waals surface area contributed by atoms with Gasteiger partial charge in [-0.25, -0.2) is 8.78 Å². The van der Waals surface area contributed by atoms with Crippen LogP contribution >= 0.6 is 23.1 Å². The minimum Gasteiger partial charge on any atom is -0.325 e. The quantitative estimate of drug-likeness (QED) is 0.615. The zero-order valence-corrected chi connectivity index (χ0v) is 14.1. The Hall–Kier alpha value is -2.18. The third-order valence-electron chi connectivity index (χ3n) is 3.25. The van der Waals surface area contributed by atoms with Gasteiger partial charge in [-0.2, -0.15) is 0 Å². The van der Waals surface area contributed by atoms with E-state index in [-0.39, 0.29) is 11.7 Å². The summed E-state index contributed by atoms with van der Waals surface area (Å²) in [7, 11) is 0. The van der Waals surface area contributed by atoms with Crippen molar-refractivity contribution in [2.24, 2.45) is 0 Å². The van der Waals surface area contributed by atoms with Gasteiger partial charge >= 0.3 is 0 Å². The molecule has 122 valence electrons.